The molecule has 0 saturated carbocycles. The van der Waals surface area contributed by atoms with Crippen LogP contribution in [0.1, 0.15) is 35.4 Å². The molecule has 10 rings (SSSR count). The molecule has 0 unspecified atom stereocenters. The highest BCUT2D eigenvalue weighted by Gasteiger charge is 2.20. The first kappa shape index (κ1) is 35.8. The molecule has 6 aromatic carbocycles. The molecule has 0 fully saturated rings. The van der Waals surface area contributed by atoms with Crippen LogP contribution in [0.5, 0.6) is 0 Å². The number of pyridine rings is 1. The van der Waals surface area contributed by atoms with E-state index in [9.17, 15) is 0 Å². The maximum Gasteiger partial charge on any atom is 0.226 e. The van der Waals surface area contributed by atoms with E-state index < -0.39 is 0 Å². The van der Waals surface area contributed by atoms with E-state index in [1.807, 2.05) is 31.5 Å². The van der Waals surface area contributed by atoms with Crippen molar-refractivity contribution in [2.45, 2.75) is 19.8 Å². The van der Waals surface area contributed by atoms with Crippen molar-refractivity contribution in [3.63, 3.8) is 0 Å². The number of para-hydroxylation sites is 1. The number of aromatic nitrogens is 3. The summed E-state index contributed by atoms with van der Waals surface area (Å²) in [5.41, 5.74) is 16.3. The van der Waals surface area contributed by atoms with E-state index in [2.05, 4.69) is 186 Å². The lowest BCUT2D eigenvalue weighted by molar-refractivity contribution is 0.542. The first-order chi connectivity index (χ1) is 29.1. The van der Waals surface area contributed by atoms with Crippen LogP contribution in [0.25, 0.3) is 72.3 Å². The van der Waals surface area contributed by atoms with Crippen LogP contribution in [0.2, 0.25) is 0 Å². The summed E-state index contributed by atoms with van der Waals surface area (Å²) >= 11 is 0. The van der Waals surface area contributed by atoms with Gasteiger partial charge in [0.15, 0.2) is 0 Å². The van der Waals surface area contributed by atoms with E-state index in [1.54, 1.807) is 0 Å². The van der Waals surface area contributed by atoms with Crippen molar-refractivity contribution >= 4 is 33.0 Å². The van der Waals surface area contributed by atoms with Crippen LogP contribution in [0.15, 0.2) is 217 Å². The Morgan fingerprint density at radius 1 is 0.644 bits per heavy atom. The molecule has 59 heavy (non-hydrogen) atoms. The van der Waals surface area contributed by atoms with Crippen molar-refractivity contribution in [2.24, 2.45) is 0 Å². The number of hydrogen-bond acceptors (Lipinski definition) is 3. The minimum atomic E-state index is 0.579. The minimum Gasteiger partial charge on any atom is -0.441 e. The first-order valence-electron chi connectivity index (χ1n) is 20.1. The third-order valence-electron chi connectivity index (χ3n) is 11.3. The second-order valence-electron chi connectivity index (χ2n) is 15.1. The molecule has 4 heteroatoms. The Morgan fingerprint density at radius 2 is 1.29 bits per heavy atom. The lowest BCUT2D eigenvalue weighted by Crippen LogP contribution is -1.97. The zero-order valence-corrected chi connectivity index (χ0v) is 32.8. The van der Waals surface area contributed by atoms with Gasteiger partial charge < -0.3 is 8.98 Å². The second kappa shape index (κ2) is 15.4. The van der Waals surface area contributed by atoms with Crippen LogP contribution in [-0.4, -0.2) is 14.5 Å². The highest BCUT2D eigenvalue weighted by Crippen LogP contribution is 2.38. The highest BCUT2D eigenvalue weighted by molar-refractivity contribution is 6.10. The maximum absolute atomic E-state index is 6.50. The SMILES string of the molecule is C=C(/C=C(/c1cccc(-c2ccccc2)c1)c1nc(-c2ccc(-c3ccc4c(c3)c3cnccc3n4-c3ccccc3)cc2)oc1C)C1=CCCC(c2ccccc2)=C1. The van der Waals surface area contributed by atoms with Crippen molar-refractivity contribution in [3.05, 3.63) is 235 Å². The van der Waals surface area contributed by atoms with Gasteiger partial charge in [-0.25, -0.2) is 4.98 Å². The van der Waals surface area contributed by atoms with Crippen molar-refractivity contribution in [3.8, 4) is 39.4 Å². The smallest absolute Gasteiger partial charge is 0.226 e. The molecule has 0 radical (unpaired) electrons. The summed E-state index contributed by atoms with van der Waals surface area (Å²) < 4.78 is 8.81. The standard InChI is InChI=1S/C55H41N3O/c1-37(43-18-12-19-44(33-43)39-14-6-3-7-15-39)32-49(47-21-13-20-45(34-47)40-16-8-4-9-17-40)54-38(2)59-55(57-54)42-26-24-41(25-27-42)46-28-29-52-50(35-46)51-36-56-31-30-53(51)58(52)48-22-10-5-11-23-48/h3-11,13-18,20-36H,1,12,19H2,2H3/b49-32-. The van der Waals surface area contributed by atoms with Gasteiger partial charge in [-0.2, -0.15) is 0 Å². The molecule has 0 saturated heterocycles. The topological polar surface area (TPSA) is 43.9 Å². The lowest BCUT2D eigenvalue weighted by atomic mass is 9.89. The summed E-state index contributed by atoms with van der Waals surface area (Å²) in [4.78, 5) is 9.69. The summed E-state index contributed by atoms with van der Waals surface area (Å²) in [6, 6.07) is 57.6. The van der Waals surface area contributed by atoms with E-state index in [4.69, 9.17) is 9.40 Å². The number of oxazole rings is 1. The summed E-state index contributed by atoms with van der Waals surface area (Å²) in [5, 5.41) is 2.29. The molecule has 3 heterocycles. The fourth-order valence-electron chi connectivity index (χ4n) is 8.32. The maximum atomic E-state index is 6.50. The largest absolute Gasteiger partial charge is 0.441 e. The molecular formula is C55H41N3O. The molecule has 0 spiro atoms. The zero-order chi connectivity index (χ0) is 39.7. The van der Waals surface area contributed by atoms with Gasteiger partial charge in [0.2, 0.25) is 5.89 Å². The van der Waals surface area contributed by atoms with Crippen molar-refractivity contribution in [1.29, 1.82) is 0 Å². The fraction of sp³-hybridized carbons (Fsp3) is 0.0545. The highest BCUT2D eigenvalue weighted by atomic mass is 16.4. The van der Waals surface area contributed by atoms with Gasteiger partial charge >= 0.3 is 0 Å². The van der Waals surface area contributed by atoms with E-state index in [-0.39, 0.29) is 0 Å². The van der Waals surface area contributed by atoms with Gasteiger partial charge in [-0.1, -0.05) is 134 Å². The summed E-state index contributed by atoms with van der Waals surface area (Å²) in [7, 11) is 0. The van der Waals surface area contributed by atoms with Gasteiger partial charge in [-0.3, -0.25) is 4.98 Å². The normalized spacial score (nSPS) is 13.1. The number of allylic oxidation sites excluding steroid dienone is 6. The van der Waals surface area contributed by atoms with Crippen molar-refractivity contribution in [1.82, 2.24) is 14.5 Å². The van der Waals surface area contributed by atoms with Crippen LogP contribution in [0.3, 0.4) is 0 Å². The molecule has 3 aromatic heterocycles. The number of rotatable bonds is 9. The van der Waals surface area contributed by atoms with Gasteiger partial charge in [0.1, 0.15) is 11.5 Å². The van der Waals surface area contributed by atoms with Crippen LogP contribution in [0, 0.1) is 6.92 Å². The molecule has 0 N–H and O–H groups in total. The Hall–Kier alpha value is -7.56. The average Bonchev–Trinajstić information content (AvgIpc) is 3.86. The summed E-state index contributed by atoms with van der Waals surface area (Å²) in [6.45, 7) is 6.61. The zero-order valence-electron chi connectivity index (χ0n) is 32.8. The van der Waals surface area contributed by atoms with Crippen LogP contribution in [0.4, 0.5) is 0 Å². The van der Waals surface area contributed by atoms with Gasteiger partial charge in [0.25, 0.3) is 0 Å². The number of aryl methyl sites for hydroxylation is 1. The van der Waals surface area contributed by atoms with Gasteiger partial charge in [0, 0.05) is 40.0 Å². The van der Waals surface area contributed by atoms with E-state index in [1.165, 1.54) is 16.5 Å². The molecule has 0 bridgehead atoms. The molecular weight excluding hydrogens is 719 g/mol. The molecule has 282 valence electrons. The lowest BCUT2D eigenvalue weighted by Gasteiger charge is -2.16. The van der Waals surface area contributed by atoms with E-state index in [0.29, 0.717) is 5.89 Å². The monoisotopic (exact) mass is 759 g/mol. The Morgan fingerprint density at radius 3 is 2.07 bits per heavy atom. The number of hydrogen-bond donors (Lipinski definition) is 0. The first-order valence-corrected chi connectivity index (χ1v) is 20.1. The second-order valence-corrected chi connectivity index (χ2v) is 15.1. The van der Waals surface area contributed by atoms with Gasteiger partial charge in [0.05, 0.1) is 11.0 Å². The molecule has 0 amide bonds. The van der Waals surface area contributed by atoms with Crippen LogP contribution < -0.4 is 0 Å². The Balaban J connectivity index is 1.01. The van der Waals surface area contributed by atoms with E-state index in [0.717, 1.165) is 96.5 Å². The Kier molecular flexibility index (Phi) is 9.36. The Bertz CT molecular complexity index is 3090. The van der Waals surface area contributed by atoms with Crippen molar-refractivity contribution in [2.75, 3.05) is 0 Å². The van der Waals surface area contributed by atoms with Crippen LogP contribution >= 0.6 is 0 Å². The quantitative estimate of drug-likeness (QED) is 0.138. The molecule has 0 aliphatic heterocycles. The fourth-order valence-corrected chi connectivity index (χ4v) is 8.32. The number of fused-ring (bicyclic) bond motifs is 3. The van der Waals surface area contributed by atoms with E-state index >= 15 is 0 Å². The molecule has 1 aliphatic carbocycles. The molecule has 4 nitrogen and oxygen atoms in total. The molecule has 1 aliphatic rings. The summed E-state index contributed by atoms with van der Waals surface area (Å²) in [6.07, 6.45) is 12.6. The number of nitrogens with zero attached hydrogens (tertiary/aromatic N) is 3. The predicted octanol–water partition coefficient (Wildman–Crippen LogP) is 14.3. The Labute approximate surface area is 344 Å². The predicted molar refractivity (Wildman–Crippen MR) is 244 cm³/mol. The third-order valence-corrected chi connectivity index (χ3v) is 11.3. The minimum absolute atomic E-state index is 0.579. The number of benzene rings is 6. The van der Waals surface area contributed by atoms with Crippen LogP contribution in [-0.2, 0) is 0 Å². The summed E-state index contributed by atoms with van der Waals surface area (Å²) in [5.74, 6) is 1.33. The molecule has 0 atom stereocenters. The third kappa shape index (κ3) is 6.96. The van der Waals surface area contributed by atoms with Gasteiger partial charge in [-0.15, -0.1) is 0 Å². The molecule has 9 aromatic rings. The van der Waals surface area contributed by atoms with Crippen molar-refractivity contribution < 1.29 is 4.42 Å². The van der Waals surface area contributed by atoms with Gasteiger partial charge in [-0.05, 0) is 124 Å². The average molecular weight is 760 g/mol.